The van der Waals surface area contributed by atoms with Crippen LogP contribution in [0.3, 0.4) is 0 Å². The van der Waals surface area contributed by atoms with Gasteiger partial charge in [0.25, 0.3) is 0 Å². The highest BCUT2D eigenvalue weighted by molar-refractivity contribution is 5.83. The molecule has 1 spiro atoms. The number of esters is 2. The van der Waals surface area contributed by atoms with Crippen molar-refractivity contribution in [2.24, 2.45) is 17.3 Å². The van der Waals surface area contributed by atoms with Gasteiger partial charge in [-0.1, -0.05) is 39.8 Å². The summed E-state index contributed by atoms with van der Waals surface area (Å²) in [5.74, 6) is -2.83. The van der Waals surface area contributed by atoms with E-state index in [9.17, 15) is 24.9 Å². The van der Waals surface area contributed by atoms with E-state index >= 15 is 0 Å². The zero-order valence-corrected chi connectivity index (χ0v) is 25.7. The van der Waals surface area contributed by atoms with E-state index in [2.05, 4.69) is 6.92 Å². The Labute approximate surface area is 247 Å². The van der Waals surface area contributed by atoms with Gasteiger partial charge in [-0.2, -0.15) is 0 Å². The first-order valence-corrected chi connectivity index (χ1v) is 14.8. The zero-order chi connectivity index (χ0) is 31.0. The van der Waals surface area contributed by atoms with Crippen LogP contribution in [0, 0.1) is 17.3 Å². The number of hydrogen-bond acceptors (Lipinski definition) is 10. The summed E-state index contributed by atoms with van der Waals surface area (Å²) in [7, 11) is 1.64. The lowest BCUT2D eigenvalue weighted by Crippen LogP contribution is -2.65. The number of carbonyl (C=O) groups excluding carboxylic acids is 2. The van der Waals surface area contributed by atoms with E-state index in [0.29, 0.717) is 12.8 Å². The van der Waals surface area contributed by atoms with Gasteiger partial charge in [-0.15, -0.1) is 0 Å². The molecule has 3 bridgehead atoms. The number of fused-ring (bicyclic) bond motifs is 2. The number of aromatic hydroxyl groups is 1. The third-order valence-electron chi connectivity index (χ3n) is 9.20. The molecule has 3 N–H and O–H groups in total. The molecule has 9 atom stereocenters. The Bertz CT molecular complexity index is 1170. The second kappa shape index (κ2) is 12.1. The van der Waals surface area contributed by atoms with Gasteiger partial charge >= 0.3 is 11.9 Å². The van der Waals surface area contributed by atoms with E-state index in [1.807, 2.05) is 26.8 Å². The molecule has 1 aromatic carbocycles. The topological polar surface area (TPSA) is 141 Å². The van der Waals surface area contributed by atoms with E-state index < -0.39 is 53.2 Å². The number of phenols is 1. The van der Waals surface area contributed by atoms with E-state index in [-0.39, 0.29) is 48.7 Å². The molecule has 10 nitrogen and oxygen atoms in total. The Balaban J connectivity index is 1.68. The molecule has 0 radical (unpaired) electrons. The number of aliphatic hydroxyl groups excluding tert-OH is 1. The molecule has 10 heteroatoms. The number of ether oxygens (including phenoxy) is 5. The Kier molecular flexibility index (Phi) is 9.33. The lowest BCUT2D eigenvalue weighted by atomic mass is 9.66. The first-order chi connectivity index (χ1) is 19.6. The molecule has 3 heterocycles. The Morgan fingerprint density at radius 3 is 2.48 bits per heavy atom. The van der Waals surface area contributed by atoms with Gasteiger partial charge in [0.05, 0.1) is 37.2 Å². The summed E-state index contributed by atoms with van der Waals surface area (Å²) in [6.45, 7) is 10.9. The van der Waals surface area contributed by atoms with Crippen LogP contribution in [0.25, 0.3) is 0 Å². The maximum atomic E-state index is 13.1. The van der Waals surface area contributed by atoms with Gasteiger partial charge < -0.3 is 39.0 Å². The number of aliphatic hydroxyl groups is 2. The average Bonchev–Trinajstić information content (AvgIpc) is 2.88. The predicted octanol–water partition coefficient (Wildman–Crippen LogP) is 4.31. The Morgan fingerprint density at radius 1 is 1.12 bits per heavy atom. The Hall–Kier alpha value is -2.66. The first-order valence-electron chi connectivity index (χ1n) is 14.8. The first kappa shape index (κ1) is 32.3. The SMILES string of the molecule is CO[C@@H](CC[C@H](C)C1O[C@@]23C[C@H](OC(=O)C[C@H]([C@@H](C)O)OC(=O)/C=C(\O2)[C@@](C)(O)CC3(C)C)[C@@H]1C)c1cccc(O)c1. The molecule has 3 aliphatic heterocycles. The van der Waals surface area contributed by atoms with Gasteiger partial charge in [-0.25, -0.2) is 4.79 Å². The summed E-state index contributed by atoms with van der Waals surface area (Å²) >= 11 is 0. The summed E-state index contributed by atoms with van der Waals surface area (Å²) in [6, 6.07) is 7.00. The number of cyclic esters (lactones) is 1. The number of methoxy groups -OCH3 is 1. The van der Waals surface area contributed by atoms with Crippen LogP contribution in [0.4, 0.5) is 0 Å². The minimum Gasteiger partial charge on any atom is -0.508 e. The third kappa shape index (κ3) is 6.61. The van der Waals surface area contributed by atoms with Crippen LogP contribution in [0.2, 0.25) is 0 Å². The monoisotopic (exact) mass is 590 g/mol. The van der Waals surface area contributed by atoms with Crippen molar-refractivity contribution >= 4 is 11.9 Å². The van der Waals surface area contributed by atoms with Crippen molar-refractivity contribution in [3.63, 3.8) is 0 Å². The molecular weight excluding hydrogens is 544 g/mol. The van der Waals surface area contributed by atoms with E-state index in [0.717, 1.165) is 11.6 Å². The second-order valence-corrected chi connectivity index (χ2v) is 13.2. The molecule has 234 valence electrons. The molecular formula is C32H46O10. The van der Waals surface area contributed by atoms with Gasteiger partial charge in [-0.3, -0.25) is 4.79 Å². The predicted molar refractivity (Wildman–Crippen MR) is 152 cm³/mol. The minimum atomic E-state index is -1.50. The molecule has 1 unspecified atom stereocenters. The lowest BCUT2D eigenvalue weighted by Gasteiger charge is -2.59. The van der Waals surface area contributed by atoms with Crippen molar-refractivity contribution in [2.75, 3.05) is 7.11 Å². The molecule has 0 aromatic heterocycles. The zero-order valence-electron chi connectivity index (χ0n) is 25.7. The number of rotatable bonds is 7. The van der Waals surface area contributed by atoms with Crippen LogP contribution in [0.15, 0.2) is 36.1 Å². The van der Waals surface area contributed by atoms with Gasteiger partial charge in [0.2, 0.25) is 5.79 Å². The van der Waals surface area contributed by atoms with Gasteiger partial charge in [0, 0.05) is 18.4 Å². The van der Waals surface area contributed by atoms with Crippen LogP contribution in [0.1, 0.15) is 85.3 Å². The maximum Gasteiger partial charge on any atom is 0.334 e. The van der Waals surface area contributed by atoms with Crippen molar-refractivity contribution in [3.8, 4) is 5.75 Å². The number of benzene rings is 1. The van der Waals surface area contributed by atoms with Crippen LogP contribution < -0.4 is 0 Å². The standard InChI is InChI=1S/C32H46O10/c1-18(11-12-23(38-7)21-9-8-10-22(34)13-21)29-19(2)25-16-32(42-29)30(4,5)17-31(6,37)26(41-32)15-28(36)39-24(20(3)33)14-27(35)40-25/h8-10,13,15,18-20,23-25,29,33-34,37H,11-12,14,16-17H2,1-7H3/b26-15-/t18-,19-,20+,23-,24+,25-,29?,31-,32+/m0/s1. The van der Waals surface area contributed by atoms with E-state index in [4.69, 9.17) is 23.7 Å². The fourth-order valence-corrected chi connectivity index (χ4v) is 6.72. The molecule has 0 saturated carbocycles. The smallest absolute Gasteiger partial charge is 0.334 e. The summed E-state index contributed by atoms with van der Waals surface area (Å²) in [6.07, 6.45) is -0.974. The van der Waals surface area contributed by atoms with Gasteiger partial charge in [-0.05, 0) is 56.7 Å². The van der Waals surface area contributed by atoms with Crippen LogP contribution in [-0.4, -0.2) is 70.2 Å². The van der Waals surface area contributed by atoms with Crippen molar-refractivity contribution in [2.45, 2.75) is 116 Å². The van der Waals surface area contributed by atoms with E-state index in [1.54, 1.807) is 32.2 Å². The molecule has 0 aliphatic carbocycles. The highest BCUT2D eigenvalue weighted by atomic mass is 16.7. The van der Waals surface area contributed by atoms with Gasteiger partial charge in [0.15, 0.2) is 0 Å². The van der Waals surface area contributed by atoms with E-state index in [1.165, 1.54) is 6.92 Å². The molecule has 2 saturated heterocycles. The van der Waals surface area contributed by atoms with Gasteiger partial charge in [0.1, 0.15) is 29.3 Å². The normalized spacial score (nSPS) is 36.5. The molecule has 1 aromatic rings. The number of carbonyl (C=O) groups is 2. The second-order valence-electron chi connectivity index (χ2n) is 13.2. The highest BCUT2D eigenvalue weighted by Crippen LogP contribution is 2.56. The van der Waals surface area contributed by atoms with Crippen LogP contribution >= 0.6 is 0 Å². The summed E-state index contributed by atoms with van der Waals surface area (Å²) in [5, 5.41) is 31.5. The van der Waals surface area contributed by atoms with Crippen molar-refractivity contribution in [3.05, 3.63) is 41.7 Å². The largest absolute Gasteiger partial charge is 0.508 e. The minimum absolute atomic E-state index is 0.00565. The molecule has 42 heavy (non-hydrogen) atoms. The summed E-state index contributed by atoms with van der Waals surface area (Å²) in [4.78, 5) is 26.0. The maximum absolute atomic E-state index is 13.1. The quantitative estimate of drug-likeness (QED) is 0.394. The van der Waals surface area contributed by atoms with Crippen molar-refractivity contribution in [1.29, 1.82) is 0 Å². The Morgan fingerprint density at radius 2 is 1.83 bits per heavy atom. The van der Waals surface area contributed by atoms with Crippen molar-refractivity contribution in [1.82, 2.24) is 0 Å². The number of hydrogen-bond donors (Lipinski definition) is 3. The lowest BCUT2D eigenvalue weighted by molar-refractivity contribution is -0.371. The number of phenolic OH excluding ortho intramolecular Hbond substituents is 1. The molecule has 4 rings (SSSR count). The van der Waals surface area contributed by atoms with Crippen LogP contribution in [-0.2, 0) is 33.3 Å². The summed E-state index contributed by atoms with van der Waals surface area (Å²) in [5.41, 5.74) is -1.37. The molecule has 0 amide bonds. The summed E-state index contributed by atoms with van der Waals surface area (Å²) < 4.78 is 30.5. The molecule has 3 aliphatic rings. The van der Waals surface area contributed by atoms with Crippen molar-refractivity contribution < 1.29 is 48.6 Å². The highest BCUT2D eigenvalue weighted by Gasteiger charge is 2.63. The molecule has 2 fully saturated rings. The fourth-order valence-electron chi connectivity index (χ4n) is 6.72. The third-order valence-corrected chi connectivity index (χ3v) is 9.20. The van der Waals surface area contributed by atoms with Crippen LogP contribution in [0.5, 0.6) is 5.75 Å². The average molecular weight is 591 g/mol. The fraction of sp³-hybridized carbons (Fsp3) is 0.688.